The van der Waals surface area contributed by atoms with Crippen molar-refractivity contribution >= 4 is 5.97 Å². The van der Waals surface area contributed by atoms with Crippen molar-refractivity contribution in [3.63, 3.8) is 0 Å². The largest absolute Gasteiger partial charge is 0.462 e. The summed E-state index contributed by atoms with van der Waals surface area (Å²) in [5.74, 6) is -7.37. The lowest BCUT2D eigenvalue weighted by atomic mass is 9.62. The van der Waals surface area contributed by atoms with Gasteiger partial charge in [0.2, 0.25) is 0 Å². The summed E-state index contributed by atoms with van der Waals surface area (Å²) >= 11 is 0. The number of aliphatic hydroxyl groups is 1. The monoisotopic (exact) mass is 528 g/mol. The Labute approximate surface area is 186 Å². The van der Waals surface area contributed by atoms with E-state index < -0.39 is 84.3 Å². The topological polar surface area (TPSA) is 46.5 Å². The molecule has 1 N–H and O–H groups in total. The highest BCUT2D eigenvalue weighted by Crippen LogP contribution is 2.61. The molecule has 0 aromatic rings. The van der Waals surface area contributed by atoms with Crippen LogP contribution in [0.3, 0.4) is 0 Å². The lowest BCUT2D eigenvalue weighted by Gasteiger charge is -2.49. The molecule has 1 rings (SSSR count). The Balaban J connectivity index is 3.69. The second kappa shape index (κ2) is 8.91. The molecule has 0 amide bonds. The quantitative estimate of drug-likeness (QED) is 0.318. The van der Waals surface area contributed by atoms with Crippen LogP contribution in [0, 0.1) is 22.7 Å². The summed E-state index contributed by atoms with van der Waals surface area (Å²) in [5, 5.41) is 9.70. The number of esters is 1. The molecule has 3 nitrogen and oxygen atoms in total. The second-order valence-electron chi connectivity index (χ2n) is 9.33. The average molecular weight is 528 g/mol. The van der Waals surface area contributed by atoms with Crippen molar-refractivity contribution in [2.24, 2.45) is 22.7 Å². The normalized spacial score (nSPS) is 24.2. The first-order valence-electron chi connectivity index (χ1n) is 9.97. The minimum Gasteiger partial charge on any atom is -0.462 e. The van der Waals surface area contributed by atoms with Crippen LogP contribution in [0.2, 0.25) is 0 Å². The van der Waals surface area contributed by atoms with Crippen molar-refractivity contribution in [2.75, 3.05) is 0 Å². The van der Waals surface area contributed by atoms with Gasteiger partial charge in [0.1, 0.15) is 6.10 Å². The van der Waals surface area contributed by atoms with Crippen LogP contribution < -0.4 is 0 Å². The summed E-state index contributed by atoms with van der Waals surface area (Å²) in [5.41, 5.74) is -11.8. The molecule has 3 unspecified atom stereocenters. The zero-order valence-corrected chi connectivity index (χ0v) is 18.4. The van der Waals surface area contributed by atoms with E-state index in [9.17, 15) is 62.6 Å². The predicted octanol–water partition coefficient (Wildman–Crippen LogP) is 6.74. The van der Waals surface area contributed by atoms with Gasteiger partial charge in [-0.2, -0.15) is 52.7 Å². The van der Waals surface area contributed by atoms with Crippen molar-refractivity contribution in [1.29, 1.82) is 0 Å². The van der Waals surface area contributed by atoms with Gasteiger partial charge in [0.05, 0.1) is 5.41 Å². The van der Waals surface area contributed by atoms with Crippen LogP contribution in [0.15, 0.2) is 0 Å². The molecule has 34 heavy (non-hydrogen) atoms. The summed E-state index contributed by atoms with van der Waals surface area (Å²) in [6, 6.07) is 0. The number of halogens is 12. The Hall–Kier alpha value is -1.41. The summed E-state index contributed by atoms with van der Waals surface area (Å²) in [4.78, 5) is 12.3. The summed E-state index contributed by atoms with van der Waals surface area (Å²) in [7, 11) is 0. The maximum atomic E-state index is 13.6. The summed E-state index contributed by atoms with van der Waals surface area (Å²) in [6.45, 7) is 3.58. The molecular formula is C19H24F12O3. The van der Waals surface area contributed by atoms with E-state index in [1.165, 1.54) is 20.8 Å². The molecule has 0 spiro atoms. The molecule has 15 heteroatoms. The smallest absolute Gasteiger partial charge is 0.426 e. The number of carbonyl (C=O) groups is 1. The first-order chi connectivity index (χ1) is 14.8. The molecule has 0 saturated heterocycles. The molecule has 1 aliphatic carbocycles. The molecule has 0 aromatic heterocycles. The maximum Gasteiger partial charge on any atom is 0.426 e. The van der Waals surface area contributed by atoms with Gasteiger partial charge >= 0.3 is 30.7 Å². The number of ether oxygens (including phenoxy) is 1. The van der Waals surface area contributed by atoms with Crippen LogP contribution in [0.5, 0.6) is 0 Å². The standard InChI is InChI=1S/C19H24F12O3/c1-5-13(2,3)12(32)34-11-7-9(14(4,16(20,21)22)17(23,24)25)6-10(8-11)15(33,18(26,27)28)19(29,30)31/h9-11,33H,5-8H2,1-4H3. The third kappa shape index (κ3) is 5.23. The first-order valence-corrected chi connectivity index (χ1v) is 9.97. The molecule has 0 aromatic carbocycles. The van der Waals surface area contributed by atoms with E-state index in [4.69, 9.17) is 4.74 Å². The molecule has 0 radical (unpaired) electrons. The van der Waals surface area contributed by atoms with Crippen molar-refractivity contribution < 1.29 is 67.3 Å². The number of alkyl halides is 12. The zero-order valence-electron chi connectivity index (χ0n) is 18.4. The summed E-state index contributed by atoms with van der Waals surface area (Å²) in [6.07, 6.45) is -32.1. The van der Waals surface area contributed by atoms with Crippen molar-refractivity contribution in [1.82, 2.24) is 0 Å². The second-order valence-corrected chi connectivity index (χ2v) is 9.33. The van der Waals surface area contributed by atoms with Crippen LogP contribution in [-0.2, 0) is 9.53 Å². The van der Waals surface area contributed by atoms with Crippen LogP contribution in [0.25, 0.3) is 0 Å². The molecule has 0 bridgehead atoms. The predicted molar refractivity (Wildman–Crippen MR) is 92.1 cm³/mol. The Kier molecular flexibility index (Phi) is 8.03. The third-order valence-electron chi connectivity index (χ3n) is 6.82. The minimum atomic E-state index is -6.50. The highest BCUT2D eigenvalue weighted by Gasteiger charge is 2.77. The number of hydrogen-bond acceptors (Lipinski definition) is 3. The van der Waals surface area contributed by atoms with Crippen molar-refractivity contribution in [3.05, 3.63) is 0 Å². The van der Waals surface area contributed by atoms with E-state index in [-0.39, 0.29) is 13.3 Å². The molecule has 1 aliphatic rings. The maximum absolute atomic E-state index is 13.6. The molecule has 202 valence electrons. The lowest BCUT2D eigenvalue weighted by molar-refractivity contribution is -0.395. The first kappa shape index (κ1) is 30.6. The Morgan fingerprint density at radius 2 is 1.12 bits per heavy atom. The molecule has 1 saturated carbocycles. The SMILES string of the molecule is CCC(C)(C)C(=O)OC1CC(C(C)(C(F)(F)F)C(F)(F)F)CC(C(O)(C(F)(F)F)C(F)(F)F)C1. The van der Waals surface area contributed by atoms with Crippen LogP contribution in [0.4, 0.5) is 52.7 Å². The Morgan fingerprint density at radius 1 is 0.735 bits per heavy atom. The van der Waals surface area contributed by atoms with Gasteiger partial charge in [0.25, 0.3) is 5.60 Å². The van der Waals surface area contributed by atoms with Crippen LogP contribution >= 0.6 is 0 Å². The minimum absolute atomic E-state index is 0.0310. The van der Waals surface area contributed by atoms with E-state index in [0.29, 0.717) is 0 Å². The Bertz CT molecular complexity index is 659. The van der Waals surface area contributed by atoms with Gasteiger partial charge in [0.15, 0.2) is 5.41 Å². The highest BCUT2D eigenvalue weighted by atomic mass is 19.4. The van der Waals surface area contributed by atoms with E-state index in [2.05, 4.69) is 0 Å². The third-order valence-corrected chi connectivity index (χ3v) is 6.82. The fourth-order valence-corrected chi connectivity index (χ4v) is 3.88. The van der Waals surface area contributed by atoms with Gasteiger partial charge in [-0.05, 0) is 52.4 Å². The van der Waals surface area contributed by atoms with Crippen LogP contribution in [0.1, 0.15) is 53.4 Å². The molecular weight excluding hydrogens is 504 g/mol. The summed E-state index contributed by atoms with van der Waals surface area (Å²) < 4.78 is 167. The number of hydrogen-bond donors (Lipinski definition) is 1. The van der Waals surface area contributed by atoms with Crippen molar-refractivity contribution in [3.8, 4) is 0 Å². The molecule has 3 atom stereocenters. The number of rotatable bonds is 5. The van der Waals surface area contributed by atoms with Gasteiger partial charge in [-0.25, -0.2) is 0 Å². The van der Waals surface area contributed by atoms with Gasteiger partial charge in [-0.3, -0.25) is 4.79 Å². The fourth-order valence-electron chi connectivity index (χ4n) is 3.88. The molecule has 0 aliphatic heterocycles. The van der Waals surface area contributed by atoms with Crippen LogP contribution in [-0.4, -0.2) is 47.5 Å². The van der Waals surface area contributed by atoms with E-state index in [1.54, 1.807) is 0 Å². The average Bonchev–Trinajstić information content (AvgIpc) is 2.62. The molecule has 1 fully saturated rings. The van der Waals surface area contributed by atoms with E-state index in [0.717, 1.165) is 0 Å². The molecule has 0 heterocycles. The number of carbonyl (C=O) groups excluding carboxylic acids is 1. The van der Waals surface area contributed by atoms with Gasteiger partial charge in [-0.1, -0.05) is 6.92 Å². The fraction of sp³-hybridized carbons (Fsp3) is 0.947. The van der Waals surface area contributed by atoms with Crippen molar-refractivity contribution in [2.45, 2.75) is 89.8 Å². The highest BCUT2D eigenvalue weighted by molar-refractivity contribution is 5.76. The van der Waals surface area contributed by atoms with Gasteiger partial charge in [0, 0.05) is 5.92 Å². The van der Waals surface area contributed by atoms with E-state index in [1.807, 2.05) is 0 Å². The van der Waals surface area contributed by atoms with Gasteiger partial charge < -0.3 is 9.84 Å². The lowest BCUT2D eigenvalue weighted by Crippen LogP contribution is -2.65. The van der Waals surface area contributed by atoms with E-state index >= 15 is 0 Å². The zero-order chi connectivity index (χ0) is 27.3. The Morgan fingerprint density at radius 3 is 1.44 bits per heavy atom. The van der Waals surface area contributed by atoms with Gasteiger partial charge in [-0.15, -0.1) is 0 Å².